The molecule has 7 nitrogen and oxygen atoms in total. The van der Waals surface area contributed by atoms with Gasteiger partial charge in [-0.1, -0.05) is 6.92 Å². The van der Waals surface area contributed by atoms with Crippen molar-refractivity contribution in [2.24, 2.45) is 14.1 Å². The molecule has 0 aliphatic rings. The van der Waals surface area contributed by atoms with Crippen LogP contribution in [0.15, 0.2) is 36.9 Å². The zero-order chi connectivity index (χ0) is 15.5. The first-order valence-corrected chi connectivity index (χ1v) is 7.24. The van der Waals surface area contributed by atoms with E-state index in [4.69, 9.17) is 0 Å². The number of hydrogen-bond donors (Lipinski definition) is 1. The second-order valence-electron chi connectivity index (χ2n) is 5.15. The fourth-order valence-corrected chi connectivity index (χ4v) is 2.41. The van der Waals surface area contributed by atoms with E-state index in [2.05, 4.69) is 32.4 Å². The number of anilines is 1. The van der Waals surface area contributed by atoms with Gasteiger partial charge in [-0.25, -0.2) is 9.97 Å². The Morgan fingerprint density at radius 1 is 1.18 bits per heavy atom. The summed E-state index contributed by atoms with van der Waals surface area (Å²) in [6.07, 6.45) is 8.20. The lowest BCUT2D eigenvalue weighted by Gasteiger charge is -2.17. The third-order valence-electron chi connectivity index (χ3n) is 3.58. The number of hydrogen-bond acceptors (Lipinski definition) is 5. The molecule has 3 heterocycles. The van der Waals surface area contributed by atoms with Crippen LogP contribution >= 0.6 is 0 Å². The van der Waals surface area contributed by atoms with Gasteiger partial charge in [0.2, 0.25) is 5.95 Å². The summed E-state index contributed by atoms with van der Waals surface area (Å²) in [6, 6.07) is 4.01. The number of nitrogens with one attached hydrogen (secondary N) is 1. The zero-order valence-electron chi connectivity index (χ0n) is 12.9. The SMILES string of the molecule is CCC(Nc1nccc(-c2cnn(C)c2)n1)c1ccnn1C. The lowest BCUT2D eigenvalue weighted by atomic mass is 10.1. The molecule has 1 unspecified atom stereocenters. The molecule has 22 heavy (non-hydrogen) atoms. The van der Waals surface area contributed by atoms with Gasteiger partial charge < -0.3 is 5.32 Å². The summed E-state index contributed by atoms with van der Waals surface area (Å²) in [7, 11) is 3.83. The molecule has 1 atom stereocenters. The van der Waals surface area contributed by atoms with E-state index < -0.39 is 0 Å². The van der Waals surface area contributed by atoms with Crippen molar-refractivity contribution in [1.82, 2.24) is 29.5 Å². The lowest BCUT2D eigenvalue weighted by molar-refractivity contribution is 0.630. The molecular formula is C15H19N7. The molecule has 0 amide bonds. The first kappa shape index (κ1) is 14.2. The van der Waals surface area contributed by atoms with Crippen LogP contribution in [-0.4, -0.2) is 29.5 Å². The molecule has 3 rings (SSSR count). The van der Waals surface area contributed by atoms with Gasteiger partial charge in [-0.3, -0.25) is 9.36 Å². The summed E-state index contributed by atoms with van der Waals surface area (Å²) in [5, 5.41) is 11.8. The molecular weight excluding hydrogens is 278 g/mol. The Morgan fingerprint density at radius 2 is 2.05 bits per heavy atom. The van der Waals surface area contributed by atoms with E-state index in [0.29, 0.717) is 5.95 Å². The predicted molar refractivity (Wildman–Crippen MR) is 84.1 cm³/mol. The van der Waals surface area contributed by atoms with Crippen LogP contribution in [0.3, 0.4) is 0 Å². The molecule has 0 saturated heterocycles. The Bertz CT molecular complexity index is 759. The quantitative estimate of drug-likeness (QED) is 0.781. The monoisotopic (exact) mass is 297 g/mol. The van der Waals surface area contributed by atoms with Gasteiger partial charge in [-0.15, -0.1) is 0 Å². The Labute approximate surface area is 129 Å². The first-order valence-electron chi connectivity index (χ1n) is 7.24. The summed E-state index contributed by atoms with van der Waals surface area (Å²) in [6.45, 7) is 2.12. The van der Waals surface area contributed by atoms with Gasteiger partial charge in [0.1, 0.15) is 0 Å². The topological polar surface area (TPSA) is 73.5 Å². The fraction of sp³-hybridized carbons (Fsp3) is 0.333. The smallest absolute Gasteiger partial charge is 0.223 e. The predicted octanol–water partition coefficient (Wildman–Crippen LogP) is 2.17. The van der Waals surface area contributed by atoms with Gasteiger partial charge >= 0.3 is 0 Å². The molecule has 7 heteroatoms. The van der Waals surface area contributed by atoms with Gasteiger partial charge in [-0.2, -0.15) is 10.2 Å². The standard InChI is InChI=1S/C15H19N7/c1-4-12(14-6-8-17-22(14)3)19-15-16-7-5-13(20-15)11-9-18-21(2)10-11/h5-10,12H,4H2,1-3H3,(H,16,19,20). The maximum absolute atomic E-state index is 4.58. The minimum Gasteiger partial charge on any atom is -0.346 e. The molecule has 0 radical (unpaired) electrons. The highest BCUT2D eigenvalue weighted by molar-refractivity contribution is 5.57. The third-order valence-corrected chi connectivity index (χ3v) is 3.58. The molecule has 3 aromatic heterocycles. The summed E-state index contributed by atoms with van der Waals surface area (Å²) < 4.78 is 3.63. The second-order valence-corrected chi connectivity index (χ2v) is 5.15. The van der Waals surface area contributed by atoms with Crippen molar-refractivity contribution in [3.63, 3.8) is 0 Å². The molecule has 0 spiro atoms. The van der Waals surface area contributed by atoms with E-state index in [1.54, 1.807) is 23.3 Å². The molecule has 1 N–H and O–H groups in total. The van der Waals surface area contributed by atoms with Crippen LogP contribution in [0.2, 0.25) is 0 Å². The average Bonchev–Trinajstić information content (AvgIpc) is 3.14. The highest BCUT2D eigenvalue weighted by Crippen LogP contribution is 2.22. The second kappa shape index (κ2) is 5.97. The summed E-state index contributed by atoms with van der Waals surface area (Å²) in [5.41, 5.74) is 2.94. The van der Waals surface area contributed by atoms with Crippen molar-refractivity contribution in [2.45, 2.75) is 19.4 Å². The normalized spacial score (nSPS) is 12.3. The van der Waals surface area contributed by atoms with Crippen LogP contribution in [-0.2, 0) is 14.1 Å². The third kappa shape index (κ3) is 2.83. The van der Waals surface area contributed by atoms with Crippen LogP contribution in [0.4, 0.5) is 5.95 Å². The minimum absolute atomic E-state index is 0.122. The van der Waals surface area contributed by atoms with Crippen molar-refractivity contribution in [3.8, 4) is 11.3 Å². The van der Waals surface area contributed by atoms with Gasteiger partial charge in [0, 0.05) is 38.2 Å². The Balaban J connectivity index is 1.84. The molecule has 0 fully saturated rings. The molecule has 0 saturated carbocycles. The van der Waals surface area contributed by atoms with Crippen molar-refractivity contribution in [2.75, 3.05) is 5.32 Å². The summed E-state index contributed by atoms with van der Waals surface area (Å²) in [5.74, 6) is 0.606. The molecule has 0 aliphatic heterocycles. The highest BCUT2D eigenvalue weighted by atomic mass is 15.3. The lowest BCUT2D eigenvalue weighted by Crippen LogP contribution is -2.15. The maximum atomic E-state index is 4.58. The summed E-state index contributed by atoms with van der Waals surface area (Å²) >= 11 is 0. The van der Waals surface area contributed by atoms with E-state index in [1.807, 2.05) is 37.1 Å². The fourth-order valence-electron chi connectivity index (χ4n) is 2.41. The van der Waals surface area contributed by atoms with Gasteiger partial charge in [-0.05, 0) is 18.6 Å². The van der Waals surface area contributed by atoms with Gasteiger partial charge in [0.05, 0.1) is 23.6 Å². The van der Waals surface area contributed by atoms with Crippen molar-refractivity contribution < 1.29 is 0 Å². The van der Waals surface area contributed by atoms with Crippen LogP contribution in [0.1, 0.15) is 25.1 Å². The van der Waals surface area contributed by atoms with Crippen LogP contribution in [0, 0.1) is 0 Å². The number of nitrogens with zero attached hydrogens (tertiary/aromatic N) is 6. The summed E-state index contributed by atoms with van der Waals surface area (Å²) in [4.78, 5) is 8.90. The molecule has 0 aromatic carbocycles. The molecule has 0 bridgehead atoms. The number of rotatable bonds is 5. The minimum atomic E-state index is 0.122. The van der Waals surface area contributed by atoms with Crippen molar-refractivity contribution >= 4 is 5.95 Å². The highest BCUT2D eigenvalue weighted by Gasteiger charge is 2.14. The van der Waals surface area contributed by atoms with Gasteiger partial charge in [0.25, 0.3) is 0 Å². The van der Waals surface area contributed by atoms with Gasteiger partial charge in [0.15, 0.2) is 0 Å². The molecule has 0 aliphatic carbocycles. The number of aromatic nitrogens is 6. The van der Waals surface area contributed by atoms with E-state index >= 15 is 0 Å². The van der Waals surface area contributed by atoms with Crippen LogP contribution < -0.4 is 5.32 Å². The average molecular weight is 297 g/mol. The van der Waals surface area contributed by atoms with E-state index in [1.165, 1.54) is 0 Å². The largest absolute Gasteiger partial charge is 0.346 e. The Kier molecular flexibility index (Phi) is 3.86. The molecule has 3 aromatic rings. The van der Waals surface area contributed by atoms with Crippen molar-refractivity contribution in [3.05, 3.63) is 42.6 Å². The van der Waals surface area contributed by atoms with Crippen LogP contribution in [0.5, 0.6) is 0 Å². The Hall–Kier alpha value is -2.70. The van der Waals surface area contributed by atoms with E-state index in [0.717, 1.165) is 23.4 Å². The van der Waals surface area contributed by atoms with Crippen molar-refractivity contribution in [1.29, 1.82) is 0 Å². The van der Waals surface area contributed by atoms with E-state index in [-0.39, 0.29) is 6.04 Å². The number of aryl methyl sites for hydroxylation is 2. The first-order chi connectivity index (χ1) is 10.7. The maximum Gasteiger partial charge on any atom is 0.223 e. The van der Waals surface area contributed by atoms with E-state index in [9.17, 15) is 0 Å². The molecule has 114 valence electrons. The zero-order valence-corrected chi connectivity index (χ0v) is 12.9. The van der Waals surface area contributed by atoms with Crippen LogP contribution in [0.25, 0.3) is 11.3 Å². The Morgan fingerprint density at radius 3 is 2.68 bits per heavy atom.